The largest absolute Gasteiger partial charge is 0.354 e. The van der Waals surface area contributed by atoms with E-state index >= 15 is 0 Å². The van der Waals surface area contributed by atoms with Gasteiger partial charge in [0.25, 0.3) is 0 Å². The number of para-hydroxylation sites is 1. The Morgan fingerprint density at radius 2 is 1.73 bits per heavy atom. The topological polar surface area (TPSA) is 65.5 Å². The van der Waals surface area contributed by atoms with Gasteiger partial charge in [0, 0.05) is 44.5 Å². The number of Topliss-reactive ketones (excluding diaryl/α,β-unsaturated/α-hetero) is 1. The molecule has 1 atom stereocenters. The molecule has 136 valence electrons. The fourth-order valence-electron chi connectivity index (χ4n) is 3.21. The Hall–Kier alpha value is -2.73. The number of carbonyl (C=O) groups excluding carboxylic acids is 2. The molecule has 6 heteroatoms. The summed E-state index contributed by atoms with van der Waals surface area (Å²) in [7, 11) is 0. The molecule has 0 bridgehead atoms. The van der Waals surface area contributed by atoms with Crippen molar-refractivity contribution in [2.45, 2.75) is 19.4 Å². The lowest BCUT2D eigenvalue weighted by atomic mass is 10.1. The highest BCUT2D eigenvalue weighted by Gasteiger charge is 2.30. The first-order valence-corrected chi connectivity index (χ1v) is 8.89. The number of nitrogens with one attached hydrogen (secondary N) is 1. The van der Waals surface area contributed by atoms with Crippen LogP contribution >= 0.6 is 0 Å². The fraction of sp³-hybridized carbons (Fsp3) is 0.350. The van der Waals surface area contributed by atoms with Gasteiger partial charge in [-0.2, -0.15) is 0 Å². The van der Waals surface area contributed by atoms with E-state index in [1.165, 1.54) is 6.92 Å². The van der Waals surface area contributed by atoms with Gasteiger partial charge in [-0.25, -0.2) is 4.98 Å². The Kier molecular flexibility index (Phi) is 5.96. The third-order valence-corrected chi connectivity index (χ3v) is 4.55. The lowest BCUT2D eigenvalue weighted by Gasteiger charge is -2.38. The van der Waals surface area contributed by atoms with Crippen molar-refractivity contribution in [2.24, 2.45) is 0 Å². The van der Waals surface area contributed by atoms with Crippen LogP contribution in [0.2, 0.25) is 0 Å². The molecule has 1 N–H and O–H groups in total. The molecule has 1 aliphatic rings. The summed E-state index contributed by atoms with van der Waals surface area (Å²) in [6, 6.07) is 14.8. The second kappa shape index (κ2) is 8.58. The Balaban J connectivity index is 1.65. The Bertz CT molecular complexity index is 728. The summed E-state index contributed by atoms with van der Waals surface area (Å²) in [5.74, 6) is 0.840. The SMILES string of the molecule is CC(=O)CC(C(=O)Nc1ccccc1)N1CCN(c2ccccn2)CC1. The molecule has 26 heavy (non-hydrogen) atoms. The smallest absolute Gasteiger partial charge is 0.242 e. The zero-order valence-electron chi connectivity index (χ0n) is 15.0. The molecule has 0 spiro atoms. The molecule has 1 aromatic heterocycles. The molecule has 0 aliphatic carbocycles. The molecule has 1 fully saturated rings. The Morgan fingerprint density at radius 1 is 1.04 bits per heavy atom. The molecule has 0 saturated carbocycles. The van der Waals surface area contributed by atoms with Gasteiger partial charge in [-0.1, -0.05) is 24.3 Å². The minimum absolute atomic E-state index is 0.0189. The summed E-state index contributed by atoms with van der Waals surface area (Å²) in [5, 5.41) is 2.93. The average Bonchev–Trinajstić information content (AvgIpc) is 2.67. The molecule has 1 aliphatic heterocycles. The number of benzene rings is 1. The van der Waals surface area contributed by atoms with Crippen LogP contribution in [0.1, 0.15) is 13.3 Å². The molecule has 0 radical (unpaired) electrons. The first-order valence-electron chi connectivity index (χ1n) is 8.89. The number of hydrogen-bond donors (Lipinski definition) is 1. The van der Waals surface area contributed by atoms with Crippen molar-refractivity contribution in [3.63, 3.8) is 0 Å². The summed E-state index contributed by atoms with van der Waals surface area (Å²) < 4.78 is 0. The number of amides is 1. The van der Waals surface area contributed by atoms with Crippen molar-refractivity contribution in [2.75, 3.05) is 36.4 Å². The monoisotopic (exact) mass is 352 g/mol. The van der Waals surface area contributed by atoms with Gasteiger partial charge in [0.2, 0.25) is 5.91 Å². The van der Waals surface area contributed by atoms with Crippen molar-refractivity contribution in [1.82, 2.24) is 9.88 Å². The lowest BCUT2D eigenvalue weighted by molar-refractivity contribution is -0.126. The first kappa shape index (κ1) is 18.1. The van der Waals surface area contributed by atoms with Crippen molar-refractivity contribution < 1.29 is 9.59 Å². The Morgan fingerprint density at radius 3 is 2.35 bits per heavy atom. The molecule has 1 saturated heterocycles. The molecular formula is C20H24N4O2. The van der Waals surface area contributed by atoms with Gasteiger partial charge in [-0.05, 0) is 31.2 Å². The van der Waals surface area contributed by atoms with Crippen LogP contribution in [-0.2, 0) is 9.59 Å². The molecule has 3 rings (SSSR count). The first-order chi connectivity index (χ1) is 12.6. The van der Waals surface area contributed by atoms with Gasteiger partial charge in [0.15, 0.2) is 0 Å². The highest BCUT2D eigenvalue weighted by Crippen LogP contribution is 2.17. The normalized spacial score (nSPS) is 16.1. The van der Waals surface area contributed by atoms with E-state index in [4.69, 9.17) is 0 Å². The average molecular weight is 352 g/mol. The molecule has 1 aromatic carbocycles. The number of carbonyl (C=O) groups is 2. The quantitative estimate of drug-likeness (QED) is 0.863. The maximum atomic E-state index is 12.8. The lowest BCUT2D eigenvalue weighted by Crippen LogP contribution is -2.54. The van der Waals surface area contributed by atoms with Gasteiger partial charge in [0.1, 0.15) is 11.6 Å². The summed E-state index contributed by atoms with van der Waals surface area (Å²) in [4.78, 5) is 33.2. The van der Waals surface area contributed by atoms with E-state index in [1.54, 1.807) is 6.20 Å². The third kappa shape index (κ3) is 4.67. The maximum absolute atomic E-state index is 12.8. The zero-order chi connectivity index (χ0) is 18.4. The van der Waals surface area contributed by atoms with Gasteiger partial charge in [0.05, 0.1) is 6.04 Å². The van der Waals surface area contributed by atoms with Gasteiger partial charge < -0.3 is 10.2 Å². The van der Waals surface area contributed by atoms with E-state index in [9.17, 15) is 9.59 Å². The number of anilines is 2. The standard InChI is InChI=1S/C20H24N4O2/c1-16(25)15-18(20(26)22-17-7-3-2-4-8-17)23-11-13-24(14-12-23)19-9-5-6-10-21-19/h2-10,18H,11-15H2,1H3,(H,22,26). The number of aromatic nitrogens is 1. The number of piperazine rings is 1. The highest BCUT2D eigenvalue weighted by atomic mass is 16.2. The van der Waals surface area contributed by atoms with Crippen LogP contribution in [0.3, 0.4) is 0 Å². The highest BCUT2D eigenvalue weighted by molar-refractivity contribution is 5.97. The minimum atomic E-state index is -0.446. The fourth-order valence-corrected chi connectivity index (χ4v) is 3.21. The van der Waals surface area contributed by atoms with E-state index in [-0.39, 0.29) is 18.1 Å². The van der Waals surface area contributed by atoms with Crippen LogP contribution in [0.15, 0.2) is 54.7 Å². The van der Waals surface area contributed by atoms with E-state index in [1.807, 2.05) is 48.5 Å². The van der Waals surface area contributed by atoms with Crippen LogP contribution < -0.4 is 10.2 Å². The van der Waals surface area contributed by atoms with E-state index < -0.39 is 6.04 Å². The predicted molar refractivity (Wildman–Crippen MR) is 102 cm³/mol. The van der Waals surface area contributed by atoms with Crippen LogP contribution in [-0.4, -0.2) is 53.8 Å². The number of pyridine rings is 1. The predicted octanol–water partition coefficient (Wildman–Crippen LogP) is 2.19. The summed E-state index contributed by atoms with van der Waals surface area (Å²) in [6.45, 7) is 4.54. The Labute approximate surface area is 153 Å². The molecular weight excluding hydrogens is 328 g/mol. The van der Waals surface area contributed by atoms with Crippen LogP contribution in [0.25, 0.3) is 0 Å². The van der Waals surface area contributed by atoms with Gasteiger partial charge in [-0.3, -0.25) is 14.5 Å². The number of rotatable bonds is 6. The summed E-state index contributed by atoms with van der Waals surface area (Å²) in [5.41, 5.74) is 0.748. The van der Waals surface area contributed by atoms with E-state index in [0.29, 0.717) is 0 Å². The van der Waals surface area contributed by atoms with E-state index in [2.05, 4.69) is 20.1 Å². The molecule has 2 aromatic rings. The molecule has 6 nitrogen and oxygen atoms in total. The second-order valence-corrected chi connectivity index (χ2v) is 6.49. The third-order valence-electron chi connectivity index (χ3n) is 4.55. The number of hydrogen-bond acceptors (Lipinski definition) is 5. The number of nitrogens with zero attached hydrogens (tertiary/aromatic N) is 3. The molecule has 1 unspecified atom stereocenters. The molecule has 1 amide bonds. The van der Waals surface area contributed by atoms with Crippen molar-refractivity contribution >= 4 is 23.2 Å². The summed E-state index contributed by atoms with van der Waals surface area (Å²) in [6.07, 6.45) is 2.01. The minimum Gasteiger partial charge on any atom is -0.354 e. The summed E-state index contributed by atoms with van der Waals surface area (Å²) >= 11 is 0. The van der Waals surface area contributed by atoms with Crippen molar-refractivity contribution in [1.29, 1.82) is 0 Å². The second-order valence-electron chi connectivity index (χ2n) is 6.49. The zero-order valence-corrected chi connectivity index (χ0v) is 15.0. The van der Waals surface area contributed by atoms with Crippen molar-refractivity contribution in [3.05, 3.63) is 54.7 Å². The van der Waals surface area contributed by atoms with E-state index in [0.717, 1.165) is 37.7 Å². The van der Waals surface area contributed by atoms with Crippen LogP contribution in [0, 0.1) is 0 Å². The maximum Gasteiger partial charge on any atom is 0.242 e. The van der Waals surface area contributed by atoms with Crippen molar-refractivity contribution in [3.8, 4) is 0 Å². The van der Waals surface area contributed by atoms with Crippen LogP contribution in [0.4, 0.5) is 11.5 Å². The van der Waals surface area contributed by atoms with Gasteiger partial charge >= 0.3 is 0 Å². The molecule has 2 heterocycles. The number of ketones is 1. The van der Waals surface area contributed by atoms with Crippen LogP contribution in [0.5, 0.6) is 0 Å². The van der Waals surface area contributed by atoms with Gasteiger partial charge in [-0.15, -0.1) is 0 Å².